The van der Waals surface area contributed by atoms with E-state index in [0.717, 1.165) is 0 Å². The van der Waals surface area contributed by atoms with Gasteiger partial charge in [0.2, 0.25) is 0 Å². The summed E-state index contributed by atoms with van der Waals surface area (Å²) in [6.45, 7) is 0. The molecule has 24 heavy (non-hydrogen) atoms. The smallest absolute Gasteiger partial charge is 0.184 e. The molecule has 0 aromatic heterocycles. The van der Waals surface area contributed by atoms with Crippen molar-refractivity contribution in [3.8, 4) is 23.0 Å². The second kappa shape index (κ2) is 8.21. The lowest BCUT2D eigenvalue weighted by molar-refractivity contribution is -0.118. The molecule has 0 spiro atoms. The molecule has 2 unspecified atom stereocenters. The molecule has 2 rings (SSSR count). The highest BCUT2D eigenvalue weighted by Crippen LogP contribution is 2.33. The topological polar surface area (TPSA) is 74.2 Å². The number of benzene rings is 2. The van der Waals surface area contributed by atoms with Gasteiger partial charge in [0.15, 0.2) is 35.4 Å². The lowest BCUT2D eigenvalue weighted by Gasteiger charge is -2.21. The predicted molar refractivity (Wildman–Crippen MR) is 88.0 cm³/mol. The number of aliphatic hydroxyl groups is 1. The van der Waals surface area contributed by atoms with Gasteiger partial charge in [-0.05, 0) is 29.8 Å². The van der Waals surface area contributed by atoms with Crippen LogP contribution in [0.2, 0.25) is 0 Å². The fraction of sp³-hybridized carbons (Fsp3) is 0.278. The minimum Gasteiger partial charge on any atom is -0.493 e. The van der Waals surface area contributed by atoms with Gasteiger partial charge < -0.3 is 24.1 Å². The van der Waals surface area contributed by atoms with Crippen LogP contribution in [0.3, 0.4) is 0 Å². The van der Waals surface area contributed by atoms with Gasteiger partial charge in [-0.1, -0.05) is 18.2 Å². The molecule has 0 aliphatic heterocycles. The van der Waals surface area contributed by atoms with E-state index < -0.39 is 12.2 Å². The average Bonchev–Trinajstić information content (AvgIpc) is 2.65. The molecule has 1 N–H and O–H groups in total. The van der Waals surface area contributed by atoms with Crippen LogP contribution in [0, 0.1) is 0 Å². The average molecular weight is 332 g/mol. The van der Waals surface area contributed by atoms with Crippen molar-refractivity contribution in [1.82, 2.24) is 0 Å². The molecule has 0 saturated heterocycles. The van der Waals surface area contributed by atoms with E-state index in [1.807, 2.05) is 0 Å². The lowest BCUT2D eigenvalue weighted by Crippen LogP contribution is -2.27. The number of hydrogen-bond donors (Lipinski definition) is 1. The molecule has 0 heterocycles. The van der Waals surface area contributed by atoms with Gasteiger partial charge in [-0.2, -0.15) is 0 Å². The number of methoxy groups -OCH3 is 3. The van der Waals surface area contributed by atoms with Crippen LogP contribution in [0.15, 0.2) is 42.5 Å². The minimum absolute atomic E-state index is 0.372. The Hall–Kier alpha value is -2.73. The van der Waals surface area contributed by atoms with E-state index in [9.17, 15) is 9.90 Å². The van der Waals surface area contributed by atoms with Crippen molar-refractivity contribution in [3.05, 3.63) is 48.0 Å². The summed E-state index contributed by atoms with van der Waals surface area (Å²) in [5, 5.41) is 10.5. The van der Waals surface area contributed by atoms with Gasteiger partial charge in [0.05, 0.1) is 21.3 Å². The molecule has 0 bridgehead atoms. The van der Waals surface area contributed by atoms with E-state index in [-0.39, 0.29) is 0 Å². The minimum atomic E-state index is -1.17. The van der Waals surface area contributed by atoms with Crippen molar-refractivity contribution in [2.75, 3.05) is 21.3 Å². The third kappa shape index (κ3) is 3.78. The summed E-state index contributed by atoms with van der Waals surface area (Å²) in [6, 6.07) is 11.8. The Labute approximate surface area is 140 Å². The first-order valence-electron chi connectivity index (χ1n) is 7.29. The number of ether oxygens (including phenoxy) is 4. The number of carbonyl (C=O) groups is 1. The normalized spacial score (nSPS) is 12.8. The predicted octanol–water partition coefficient (Wildman–Crippen LogP) is 2.39. The largest absolute Gasteiger partial charge is 0.493 e. The molecule has 0 fully saturated rings. The Morgan fingerprint density at radius 1 is 0.875 bits per heavy atom. The Morgan fingerprint density at radius 2 is 1.46 bits per heavy atom. The van der Waals surface area contributed by atoms with Crippen LogP contribution in [-0.2, 0) is 4.79 Å². The van der Waals surface area contributed by atoms with Crippen molar-refractivity contribution in [2.45, 2.75) is 12.2 Å². The molecule has 6 nitrogen and oxygen atoms in total. The van der Waals surface area contributed by atoms with E-state index >= 15 is 0 Å². The number of aliphatic hydroxyl groups excluding tert-OH is 1. The van der Waals surface area contributed by atoms with Crippen LogP contribution in [0.1, 0.15) is 11.7 Å². The van der Waals surface area contributed by atoms with Crippen molar-refractivity contribution in [2.24, 2.45) is 0 Å². The molecular weight excluding hydrogens is 312 g/mol. The van der Waals surface area contributed by atoms with E-state index in [2.05, 4.69) is 0 Å². The first-order valence-corrected chi connectivity index (χ1v) is 7.29. The van der Waals surface area contributed by atoms with Gasteiger partial charge in [0.25, 0.3) is 0 Å². The fourth-order valence-corrected chi connectivity index (χ4v) is 2.26. The monoisotopic (exact) mass is 332 g/mol. The Balaban J connectivity index is 2.25. The van der Waals surface area contributed by atoms with Crippen LogP contribution < -0.4 is 18.9 Å². The zero-order valence-electron chi connectivity index (χ0n) is 13.8. The summed E-state index contributed by atoms with van der Waals surface area (Å²) >= 11 is 0. The Morgan fingerprint density at radius 3 is 2.04 bits per heavy atom. The highest BCUT2D eigenvalue weighted by molar-refractivity contribution is 5.60. The van der Waals surface area contributed by atoms with Gasteiger partial charge in [-0.15, -0.1) is 0 Å². The molecule has 0 radical (unpaired) electrons. The maximum absolute atomic E-state index is 11.4. The van der Waals surface area contributed by atoms with E-state index in [1.165, 1.54) is 21.3 Å². The second-order valence-electron chi connectivity index (χ2n) is 4.93. The zero-order chi connectivity index (χ0) is 17.5. The second-order valence-corrected chi connectivity index (χ2v) is 4.93. The molecular formula is C18H20O6. The standard InChI is InChI=1S/C18H20O6/c1-21-13-6-4-5-7-15(13)24-17(11-19)18(20)12-8-9-14(22-2)16(10-12)23-3/h4-11,17-18,20H,1-3H3. The van der Waals surface area contributed by atoms with Crippen LogP contribution in [0.4, 0.5) is 0 Å². The van der Waals surface area contributed by atoms with Crippen molar-refractivity contribution < 1.29 is 28.8 Å². The third-order valence-corrected chi connectivity index (χ3v) is 3.53. The Bertz CT molecular complexity index is 685. The zero-order valence-corrected chi connectivity index (χ0v) is 13.8. The number of carbonyl (C=O) groups excluding carboxylic acids is 1. The van der Waals surface area contributed by atoms with Gasteiger partial charge >= 0.3 is 0 Å². The first-order chi connectivity index (χ1) is 11.6. The van der Waals surface area contributed by atoms with Crippen molar-refractivity contribution >= 4 is 6.29 Å². The molecule has 2 aromatic carbocycles. The third-order valence-electron chi connectivity index (χ3n) is 3.53. The molecule has 0 amide bonds. The summed E-state index contributed by atoms with van der Waals surface area (Å²) < 4.78 is 21.2. The summed E-state index contributed by atoms with van der Waals surface area (Å²) in [4.78, 5) is 11.4. The highest BCUT2D eigenvalue weighted by Gasteiger charge is 2.24. The van der Waals surface area contributed by atoms with E-state index in [0.29, 0.717) is 34.8 Å². The summed E-state index contributed by atoms with van der Waals surface area (Å²) in [7, 11) is 4.52. The van der Waals surface area contributed by atoms with Crippen LogP contribution in [0.25, 0.3) is 0 Å². The van der Waals surface area contributed by atoms with Crippen molar-refractivity contribution in [1.29, 1.82) is 0 Å². The number of rotatable bonds is 8. The van der Waals surface area contributed by atoms with Gasteiger partial charge in [0, 0.05) is 0 Å². The highest BCUT2D eigenvalue weighted by atomic mass is 16.5. The molecule has 128 valence electrons. The van der Waals surface area contributed by atoms with Crippen LogP contribution in [0.5, 0.6) is 23.0 Å². The molecule has 0 aliphatic carbocycles. The lowest BCUT2D eigenvalue weighted by atomic mass is 10.0. The SMILES string of the molecule is COc1ccc(C(O)C(C=O)Oc2ccccc2OC)cc1OC. The van der Waals surface area contributed by atoms with Gasteiger partial charge in [-0.25, -0.2) is 0 Å². The summed E-state index contributed by atoms with van der Waals surface area (Å²) in [5.41, 5.74) is 0.472. The maximum Gasteiger partial charge on any atom is 0.184 e. The van der Waals surface area contributed by atoms with Crippen LogP contribution >= 0.6 is 0 Å². The molecule has 0 aliphatic rings. The fourth-order valence-electron chi connectivity index (χ4n) is 2.26. The Kier molecular flexibility index (Phi) is 6.03. The van der Waals surface area contributed by atoms with Gasteiger partial charge in [0.1, 0.15) is 6.10 Å². The first kappa shape index (κ1) is 17.6. The summed E-state index contributed by atoms with van der Waals surface area (Å²) in [5.74, 6) is 1.83. The van der Waals surface area contributed by atoms with E-state index in [1.54, 1.807) is 42.5 Å². The number of para-hydroxylation sites is 2. The van der Waals surface area contributed by atoms with Crippen LogP contribution in [-0.4, -0.2) is 38.8 Å². The van der Waals surface area contributed by atoms with Crippen molar-refractivity contribution in [3.63, 3.8) is 0 Å². The number of aldehydes is 1. The molecule has 2 atom stereocenters. The summed E-state index contributed by atoms with van der Waals surface area (Å²) in [6.07, 6.45) is -1.72. The van der Waals surface area contributed by atoms with Gasteiger partial charge in [-0.3, -0.25) is 4.79 Å². The number of hydrogen-bond acceptors (Lipinski definition) is 6. The molecule has 0 saturated carbocycles. The molecule has 2 aromatic rings. The quantitative estimate of drug-likeness (QED) is 0.748. The maximum atomic E-state index is 11.4. The molecule has 6 heteroatoms. The van der Waals surface area contributed by atoms with E-state index in [4.69, 9.17) is 18.9 Å².